The Labute approximate surface area is 103 Å². The molecule has 1 nitrogen and oxygen atoms in total. The lowest BCUT2D eigenvalue weighted by molar-refractivity contribution is 0.273. The average molecular weight is 225 g/mol. The van der Waals surface area contributed by atoms with Crippen LogP contribution in [0.4, 0.5) is 0 Å². The molecule has 0 aromatic rings. The van der Waals surface area contributed by atoms with Crippen molar-refractivity contribution in [2.75, 3.05) is 19.6 Å². The number of unbranched alkanes of at least 4 members (excludes halogenated alkanes) is 3. The molecule has 0 fully saturated rings. The van der Waals surface area contributed by atoms with Gasteiger partial charge in [0.05, 0.1) is 0 Å². The minimum atomic E-state index is 0.654. The summed E-state index contributed by atoms with van der Waals surface area (Å²) in [6.45, 7) is 16.8. The number of nitrogens with zero attached hydrogens (tertiary/aromatic N) is 1. The quantitative estimate of drug-likeness (QED) is 0.391. The van der Waals surface area contributed by atoms with Gasteiger partial charge >= 0.3 is 0 Å². The van der Waals surface area contributed by atoms with E-state index in [9.17, 15) is 0 Å². The predicted octanol–water partition coefficient (Wildman–Crippen LogP) is 4.49. The van der Waals surface area contributed by atoms with Gasteiger partial charge in [0.15, 0.2) is 0 Å². The van der Waals surface area contributed by atoms with Gasteiger partial charge in [-0.25, -0.2) is 0 Å². The Kier molecular flexibility index (Phi) is 9.71. The molecule has 0 saturated carbocycles. The second-order valence-electron chi connectivity index (χ2n) is 4.86. The summed E-state index contributed by atoms with van der Waals surface area (Å²) in [5.74, 6) is 0.654. The van der Waals surface area contributed by atoms with Crippen LogP contribution in [0.15, 0.2) is 12.2 Å². The zero-order chi connectivity index (χ0) is 12.4. The highest BCUT2D eigenvalue weighted by Crippen LogP contribution is 2.17. The molecule has 0 heterocycles. The molecule has 1 unspecified atom stereocenters. The summed E-state index contributed by atoms with van der Waals surface area (Å²) >= 11 is 0. The first-order chi connectivity index (χ1) is 7.65. The van der Waals surface area contributed by atoms with Crippen LogP contribution in [0.1, 0.15) is 59.8 Å². The first kappa shape index (κ1) is 15.7. The molecule has 0 saturated heterocycles. The minimum absolute atomic E-state index is 0.654. The molecule has 96 valence electrons. The van der Waals surface area contributed by atoms with Crippen molar-refractivity contribution in [1.82, 2.24) is 4.90 Å². The van der Waals surface area contributed by atoms with Crippen LogP contribution < -0.4 is 0 Å². The van der Waals surface area contributed by atoms with Crippen LogP contribution in [0.5, 0.6) is 0 Å². The van der Waals surface area contributed by atoms with Crippen molar-refractivity contribution in [2.24, 2.45) is 5.92 Å². The van der Waals surface area contributed by atoms with E-state index in [1.165, 1.54) is 44.2 Å². The van der Waals surface area contributed by atoms with Gasteiger partial charge in [-0.05, 0) is 31.8 Å². The molecule has 0 aromatic carbocycles. The fraction of sp³-hybridized carbons (Fsp3) is 0.867. The smallest absolute Gasteiger partial charge is 0.00440 e. The monoisotopic (exact) mass is 225 g/mol. The van der Waals surface area contributed by atoms with E-state index in [1.807, 2.05) is 0 Å². The van der Waals surface area contributed by atoms with Crippen molar-refractivity contribution in [3.8, 4) is 0 Å². The molecule has 0 N–H and O–H groups in total. The topological polar surface area (TPSA) is 3.24 Å². The summed E-state index contributed by atoms with van der Waals surface area (Å²) < 4.78 is 0. The summed E-state index contributed by atoms with van der Waals surface area (Å²) in [5.41, 5.74) is 1.45. The third-order valence-corrected chi connectivity index (χ3v) is 3.47. The van der Waals surface area contributed by atoms with E-state index in [2.05, 4.69) is 39.2 Å². The molecule has 0 radical (unpaired) electrons. The third-order valence-electron chi connectivity index (χ3n) is 3.47. The highest BCUT2D eigenvalue weighted by molar-refractivity contribution is 4.99. The molecular formula is C15H31N. The zero-order valence-corrected chi connectivity index (χ0v) is 11.9. The van der Waals surface area contributed by atoms with Gasteiger partial charge in [-0.2, -0.15) is 0 Å². The maximum atomic E-state index is 4.25. The zero-order valence-electron chi connectivity index (χ0n) is 11.9. The lowest BCUT2D eigenvalue weighted by Crippen LogP contribution is -2.28. The molecule has 16 heavy (non-hydrogen) atoms. The summed E-state index contributed by atoms with van der Waals surface area (Å²) in [7, 11) is 0. The lowest BCUT2D eigenvalue weighted by atomic mass is 9.96. The molecule has 1 atom stereocenters. The van der Waals surface area contributed by atoms with E-state index in [0.717, 1.165) is 13.1 Å². The Hall–Kier alpha value is -0.300. The van der Waals surface area contributed by atoms with Gasteiger partial charge in [0.25, 0.3) is 0 Å². The highest BCUT2D eigenvalue weighted by Gasteiger charge is 2.09. The fourth-order valence-corrected chi connectivity index (χ4v) is 2.02. The van der Waals surface area contributed by atoms with Crippen LogP contribution in [0.25, 0.3) is 0 Å². The van der Waals surface area contributed by atoms with Gasteiger partial charge in [0, 0.05) is 6.54 Å². The molecule has 1 heteroatoms. The summed E-state index contributed by atoms with van der Waals surface area (Å²) in [5, 5.41) is 0. The van der Waals surface area contributed by atoms with Crippen LogP contribution in [-0.2, 0) is 0 Å². The SMILES string of the molecule is C=C(CCCCCC)C(C)CN(CC)CC. The molecule has 0 aliphatic heterocycles. The number of hydrogen-bond donors (Lipinski definition) is 0. The Morgan fingerprint density at radius 3 is 2.19 bits per heavy atom. The van der Waals surface area contributed by atoms with Gasteiger partial charge in [-0.3, -0.25) is 0 Å². The molecule has 0 rings (SSSR count). The first-order valence-electron chi connectivity index (χ1n) is 7.05. The average Bonchev–Trinajstić information content (AvgIpc) is 2.30. The van der Waals surface area contributed by atoms with Crippen LogP contribution in [-0.4, -0.2) is 24.5 Å². The number of hydrogen-bond acceptors (Lipinski definition) is 1. The second-order valence-corrected chi connectivity index (χ2v) is 4.86. The van der Waals surface area contributed by atoms with Gasteiger partial charge in [-0.1, -0.05) is 59.1 Å². The Bertz CT molecular complexity index is 170. The van der Waals surface area contributed by atoms with Crippen molar-refractivity contribution >= 4 is 0 Å². The molecule has 0 bridgehead atoms. The van der Waals surface area contributed by atoms with Crippen LogP contribution in [0.3, 0.4) is 0 Å². The van der Waals surface area contributed by atoms with E-state index < -0.39 is 0 Å². The molecule has 0 amide bonds. The lowest BCUT2D eigenvalue weighted by Gasteiger charge is -2.24. The molecule has 0 aliphatic carbocycles. The Balaban J connectivity index is 3.72. The van der Waals surface area contributed by atoms with Gasteiger partial charge in [0.1, 0.15) is 0 Å². The minimum Gasteiger partial charge on any atom is -0.303 e. The van der Waals surface area contributed by atoms with Crippen molar-refractivity contribution in [2.45, 2.75) is 59.8 Å². The van der Waals surface area contributed by atoms with Gasteiger partial charge in [-0.15, -0.1) is 0 Å². The van der Waals surface area contributed by atoms with Crippen molar-refractivity contribution in [1.29, 1.82) is 0 Å². The molecule has 0 aliphatic rings. The standard InChI is InChI=1S/C15H31N/c1-6-9-10-11-12-14(4)15(5)13-16(7-2)8-3/h15H,4,6-13H2,1-3,5H3. The molecular weight excluding hydrogens is 194 g/mol. The molecule has 0 spiro atoms. The Morgan fingerprint density at radius 1 is 1.06 bits per heavy atom. The van der Waals surface area contributed by atoms with Crippen molar-refractivity contribution < 1.29 is 0 Å². The number of rotatable bonds is 10. The maximum absolute atomic E-state index is 4.25. The van der Waals surface area contributed by atoms with E-state index in [-0.39, 0.29) is 0 Å². The predicted molar refractivity (Wildman–Crippen MR) is 74.9 cm³/mol. The fourth-order valence-electron chi connectivity index (χ4n) is 2.02. The maximum Gasteiger partial charge on any atom is 0.00440 e. The van der Waals surface area contributed by atoms with E-state index in [0.29, 0.717) is 5.92 Å². The largest absolute Gasteiger partial charge is 0.303 e. The highest BCUT2D eigenvalue weighted by atomic mass is 15.1. The van der Waals surface area contributed by atoms with Gasteiger partial charge in [0.2, 0.25) is 0 Å². The third kappa shape index (κ3) is 7.05. The van der Waals surface area contributed by atoms with Crippen LogP contribution in [0, 0.1) is 5.92 Å². The summed E-state index contributed by atoms with van der Waals surface area (Å²) in [6, 6.07) is 0. The second kappa shape index (κ2) is 9.89. The summed E-state index contributed by atoms with van der Waals surface area (Å²) in [4.78, 5) is 2.49. The van der Waals surface area contributed by atoms with E-state index >= 15 is 0 Å². The van der Waals surface area contributed by atoms with E-state index in [1.54, 1.807) is 0 Å². The van der Waals surface area contributed by atoms with E-state index in [4.69, 9.17) is 0 Å². The molecule has 0 aromatic heterocycles. The summed E-state index contributed by atoms with van der Waals surface area (Å²) in [6.07, 6.45) is 6.62. The van der Waals surface area contributed by atoms with Gasteiger partial charge < -0.3 is 4.90 Å². The van der Waals surface area contributed by atoms with Crippen LogP contribution >= 0.6 is 0 Å². The van der Waals surface area contributed by atoms with Crippen molar-refractivity contribution in [3.63, 3.8) is 0 Å². The Morgan fingerprint density at radius 2 is 1.69 bits per heavy atom. The van der Waals surface area contributed by atoms with Crippen molar-refractivity contribution in [3.05, 3.63) is 12.2 Å². The first-order valence-corrected chi connectivity index (χ1v) is 7.05. The van der Waals surface area contributed by atoms with Crippen LogP contribution in [0.2, 0.25) is 0 Å². The normalized spacial score (nSPS) is 13.1.